The zero-order chi connectivity index (χ0) is 17.9. The smallest absolute Gasteiger partial charge is 0.255 e. The van der Waals surface area contributed by atoms with Crippen LogP contribution in [-0.2, 0) is 4.79 Å². The number of carbonyl (C=O) groups is 2. The van der Waals surface area contributed by atoms with Gasteiger partial charge in [-0.1, -0.05) is 0 Å². The highest BCUT2D eigenvalue weighted by Gasteiger charge is 2.35. The fourth-order valence-corrected chi connectivity index (χ4v) is 3.42. The van der Waals surface area contributed by atoms with Crippen LogP contribution in [0.1, 0.15) is 28.6 Å². The van der Waals surface area contributed by atoms with Crippen molar-refractivity contribution in [3.05, 3.63) is 54.2 Å². The van der Waals surface area contributed by atoms with E-state index in [-0.39, 0.29) is 23.9 Å². The molecule has 2 saturated heterocycles. The van der Waals surface area contributed by atoms with Crippen LogP contribution in [0.4, 0.5) is 0 Å². The first-order chi connectivity index (χ1) is 12.7. The molecule has 2 amide bonds. The second kappa shape index (κ2) is 7.27. The normalized spacial score (nSPS) is 23.2. The van der Waals surface area contributed by atoms with E-state index in [1.54, 1.807) is 35.7 Å². The van der Waals surface area contributed by atoms with Gasteiger partial charge in [0.05, 0.1) is 17.9 Å². The number of amides is 2. The maximum absolute atomic E-state index is 12.7. The molecule has 0 bridgehead atoms. The van der Waals surface area contributed by atoms with Crippen molar-refractivity contribution in [1.29, 1.82) is 0 Å². The standard InChI is InChI=1S/C18H21N5O3/c24-17(13-3-1-5-19-12-13)22-6-8-23(9-7-22)18(25)15-11-14(20-21-15)16-4-2-10-26-16/h1-5,10,12,14-15,20-21H,6-9,11H2. The first-order valence-corrected chi connectivity index (χ1v) is 8.75. The zero-order valence-corrected chi connectivity index (χ0v) is 14.3. The number of nitrogens with one attached hydrogen (secondary N) is 2. The summed E-state index contributed by atoms with van der Waals surface area (Å²) in [5, 5.41) is 0. The number of rotatable bonds is 3. The molecule has 136 valence electrons. The molecule has 4 rings (SSSR count). The zero-order valence-electron chi connectivity index (χ0n) is 14.3. The van der Waals surface area contributed by atoms with Crippen molar-refractivity contribution >= 4 is 11.8 Å². The monoisotopic (exact) mass is 355 g/mol. The van der Waals surface area contributed by atoms with Crippen LogP contribution in [0.3, 0.4) is 0 Å². The lowest BCUT2D eigenvalue weighted by molar-refractivity contribution is -0.134. The van der Waals surface area contributed by atoms with Crippen LogP contribution in [0.5, 0.6) is 0 Å². The largest absolute Gasteiger partial charge is 0.468 e. The van der Waals surface area contributed by atoms with Crippen molar-refractivity contribution < 1.29 is 14.0 Å². The minimum Gasteiger partial charge on any atom is -0.468 e. The minimum atomic E-state index is -0.286. The Labute approximate surface area is 151 Å². The Hall–Kier alpha value is -2.71. The molecule has 0 saturated carbocycles. The summed E-state index contributed by atoms with van der Waals surface area (Å²) in [7, 11) is 0. The SMILES string of the molecule is O=C(c1cccnc1)N1CCN(C(=O)C2CC(c3ccco3)NN2)CC1. The van der Waals surface area contributed by atoms with E-state index in [0.717, 1.165) is 5.76 Å². The van der Waals surface area contributed by atoms with E-state index < -0.39 is 0 Å². The van der Waals surface area contributed by atoms with Crippen LogP contribution < -0.4 is 10.9 Å². The van der Waals surface area contributed by atoms with Crippen molar-refractivity contribution in [2.45, 2.75) is 18.5 Å². The molecule has 0 aliphatic carbocycles. The average Bonchev–Trinajstić information content (AvgIpc) is 3.39. The summed E-state index contributed by atoms with van der Waals surface area (Å²) in [4.78, 5) is 32.8. The van der Waals surface area contributed by atoms with E-state index >= 15 is 0 Å². The number of pyridine rings is 1. The molecule has 2 aliphatic rings. The van der Waals surface area contributed by atoms with Gasteiger partial charge in [-0.2, -0.15) is 0 Å². The summed E-state index contributed by atoms with van der Waals surface area (Å²) in [6.45, 7) is 2.13. The molecular formula is C18H21N5O3. The lowest BCUT2D eigenvalue weighted by Gasteiger charge is -2.35. The summed E-state index contributed by atoms with van der Waals surface area (Å²) in [6.07, 6.45) is 5.49. The van der Waals surface area contributed by atoms with Crippen LogP contribution in [-0.4, -0.2) is 58.8 Å². The Morgan fingerprint density at radius 1 is 1.08 bits per heavy atom. The molecule has 8 nitrogen and oxygen atoms in total. The summed E-state index contributed by atoms with van der Waals surface area (Å²) < 4.78 is 5.40. The van der Waals surface area contributed by atoms with Gasteiger partial charge in [-0.05, 0) is 30.7 Å². The van der Waals surface area contributed by atoms with Gasteiger partial charge in [0.25, 0.3) is 5.91 Å². The van der Waals surface area contributed by atoms with Gasteiger partial charge in [0.1, 0.15) is 11.8 Å². The molecule has 8 heteroatoms. The van der Waals surface area contributed by atoms with E-state index in [0.29, 0.717) is 38.2 Å². The van der Waals surface area contributed by atoms with Crippen LogP contribution in [0, 0.1) is 0 Å². The number of hydrogen-bond acceptors (Lipinski definition) is 6. The van der Waals surface area contributed by atoms with Gasteiger partial charge in [0.2, 0.25) is 5.91 Å². The molecule has 0 spiro atoms. The van der Waals surface area contributed by atoms with Crippen molar-refractivity contribution in [2.75, 3.05) is 26.2 Å². The highest BCUT2D eigenvalue weighted by Crippen LogP contribution is 2.23. The number of piperazine rings is 1. The molecule has 2 aromatic heterocycles. The van der Waals surface area contributed by atoms with Gasteiger partial charge in [0.15, 0.2) is 0 Å². The molecule has 0 aromatic carbocycles. The first-order valence-electron chi connectivity index (χ1n) is 8.75. The number of furan rings is 1. The summed E-state index contributed by atoms with van der Waals surface area (Å²) in [6, 6.07) is 6.95. The van der Waals surface area contributed by atoms with E-state index in [2.05, 4.69) is 15.8 Å². The maximum atomic E-state index is 12.7. The van der Waals surface area contributed by atoms with Gasteiger partial charge in [-0.3, -0.25) is 14.6 Å². The Balaban J connectivity index is 1.31. The van der Waals surface area contributed by atoms with Crippen molar-refractivity contribution in [1.82, 2.24) is 25.6 Å². The fraction of sp³-hybridized carbons (Fsp3) is 0.389. The summed E-state index contributed by atoms with van der Waals surface area (Å²) in [5.41, 5.74) is 6.76. The van der Waals surface area contributed by atoms with Crippen LogP contribution in [0.25, 0.3) is 0 Å². The fourth-order valence-electron chi connectivity index (χ4n) is 3.42. The molecule has 2 aromatic rings. The quantitative estimate of drug-likeness (QED) is 0.836. The Bertz CT molecular complexity index is 756. The van der Waals surface area contributed by atoms with Gasteiger partial charge in [-0.15, -0.1) is 0 Å². The summed E-state index contributed by atoms with van der Waals surface area (Å²) in [5.74, 6) is 0.837. The van der Waals surface area contributed by atoms with Crippen LogP contribution in [0.15, 0.2) is 47.3 Å². The lowest BCUT2D eigenvalue weighted by Crippen LogP contribution is -2.54. The van der Waals surface area contributed by atoms with Crippen molar-refractivity contribution in [2.24, 2.45) is 0 Å². The topological polar surface area (TPSA) is 90.7 Å². The van der Waals surface area contributed by atoms with Crippen LogP contribution >= 0.6 is 0 Å². The Morgan fingerprint density at radius 2 is 1.88 bits per heavy atom. The number of nitrogens with zero attached hydrogens (tertiary/aromatic N) is 3. The first kappa shape index (κ1) is 16.7. The third-order valence-electron chi connectivity index (χ3n) is 4.87. The number of hydrogen-bond donors (Lipinski definition) is 2. The highest BCUT2D eigenvalue weighted by atomic mass is 16.3. The predicted octanol–water partition coefficient (Wildman–Crippen LogP) is 0.567. The minimum absolute atomic E-state index is 0.00704. The molecule has 2 fully saturated rings. The van der Waals surface area contributed by atoms with Gasteiger partial charge < -0.3 is 14.2 Å². The second-order valence-electron chi connectivity index (χ2n) is 6.50. The third-order valence-corrected chi connectivity index (χ3v) is 4.87. The lowest BCUT2D eigenvalue weighted by atomic mass is 10.1. The van der Waals surface area contributed by atoms with Gasteiger partial charge >= 0.3 is 0 Å². The molecule has 2 unspecified atom stereocenters. The second-order valence-corrected chi connectivity index (χ2v) is 6.50. The highest BCUT2D eigenvalue weighted by molar-refractivity contribution is 5.94. The molecule has 4 heterocycles. The third kappa shape index (κ3) is 3.33. The van der Waals surface area contributed by atoms with Crippen LogP contribution in [0.2, 0.25) is 0 Å². The average molecular weight is 355 g/mol. The van der Waals surface area contributed by atoms with Gasteiger partial charge in [0, 0.05) is 38.6 Å². The molecular weight excluding hydrogens is 334 g/mol. The van der Waals surface area contributed by atoms with Crippen molar-refractivity contribution in [3.8, 4) is 0 Å². The van der Waals surface area contributed by atoms with E-state index in [1.165, 1.54) is 0 Å². The molecule has 2 N–H and O–H groups in total. The predicted molar refractivity (Wildman–Crippen MR) is 92.8 cm³/mol. The Kier molecular flexibility index (Phi) is 4.68. The molecule has 26 heavy (non-hydrogen) atoms. The number of aromatic nitrogens is 1. The number of carbonyl (C=O) groups excluding carboxylic acids is 2. The maximum Gasteiger partial charge on any atom is 0.255 e. The summed E-state index contributed by atoms with van der Waals surface area (Å²) >= 11 is 0. The molecule has 2 aliphatic heterocycles. The number of hydrazine groups is 1. The van der Waals surface area contributed by atoms with Crippen molar-refractivity contribution in [3.63, 3.8) is 0 Å². The molecule has 2 atom stereocenters. The van der Waals surface area contributed by atoms with E-state index in [1.807, 2.05) is 17.0 Å². The van der Waals surface area contributed by atoms with Gasteiger partial charge in [-0.25, -0.2) is 10.9 Å². The van der Waals surface area contributed by atoms with E-state index in [4.69, 9.17) is 4.42 Å². The Morgan fingerprint density at radius 3 is 2.58 bits per heavy atom. The van der Waals surface area contributed by atoms with E-state index in [9.17, 15) is 9.59 Å². The molecule has 0 radical (unpaired) electrons.